The van der Waals surface area contributed by atoms with E-state index in [2.05, 4.69) is 18.8 Å². The maximum Gasteiger partial charge on any atom is 0.144 e. The van der Waals surface area contributed by atoms with Crippen molar-refractivity contribution in [3.63, 3.8) is 0 Å². The zero-order valence-corrected chi connectivity index (χ0v) is 8.25. The SMILES string of the molecule is CCCCC#C[C@H]1O[C@H]1CCCO. The monoisotopic (exact) mass is 182 g/mol. The fourth-order valence-electron chi connectivity index (χ4n) is 1.22. The van der Waals surface area contributed by atoms with Crippen LogP contribution in [0.2, 0.25) is 0 Å². The van der Waals surface area contributed by atoms with Crippen molar-refractivity contribution in [2.24, 2.45) is 0 Å². The Balaban J connectivity index is 2.01. The second kappa shape index (κ2) is 6.01. The summed E-state index contributed by atoms with van der Waals surface area (Å²) >= 11 is 0. The van der Waals surface area contributed by atoms with E-state index in [1.54, 1.807) is 0 Å². The molecule has 2 atom stereocenters. The minimum absolute atomic E-state index is 0.170. The van der Waals surface area contributed by atoms with Gasteiger partial charge in [0.25, 0.3) is 0 Å². The minimum Gasteiger partial charge on any atom is -0.396 e. The van der Waals surface area contributed by atoms with Crippen LogP contribution in [0.15, 0.2) is 0 Å². The lowest BCUT2D eigenvalue weighted by molar-refractivity contribution is 0.273. The van der Waals surface area contributed by atoms with Gasteiger partial charge in [-0.05, 0) is 19.3 Å². The third-order valence-corrected chi connectivity index (χ3v) is 2.13. The second-order valence-electron chi connectivity index (χ2n) is 3.39. The summed E-state index contributed by atoms with van der Waals surface area (Å²) in [6.45, 7) is 2.43. The summed E-state index contributed by atoms with van der Waals surface area (Å²) in [5.41, 5.74) is 0. The van der Waals surface area contributed by atoms with E-state index in [0.717, 1.165) is 19.3 Å². The van der Waals surface area contributed by atoms with Crippen LogP contribution in [-0.2, 0) is 4.74 Å². The smallest absolute Gasteiger partial charge is 0.144 e. The first-order chi connectivity index (χ1) is 6.38. The predicted octanol–water partition coefficient (Wildman–Crippen LogP) is 1.72. The summed E-state index contributed by atoms with van der Waals surface area (Å²) in [6.07, 6.45) is 5.63. The number of epoxide rings is 1. The molecule has 0 aliphatic carbocycles. The van der Waals surface area contributed by atoms with Gasteiger partial charge in [-0.3, -0.25) is 0 Å². The number of hydrogen-bond donors (Lipinski definition) is 1. The predicted molar refractivity (Wildman–Crippen MR) is 52.3 cm³/mol. The molecule has 0 bridgehead atoms. The molecule has 0 aromatic heterocycles. The van der Waals surface area contributed by atoms with E-state index in [-0.39, 0.29) is 12.7 Å². The number of aliphatic hydroxyl groups excluding tert-OH is 1. The van der Waals surface area contributed by atoms with E-state index in [4.69, 9.17) is 9.84 Å². The summed E-state index contributed by atoms with van der Waals surface area (Å²) in [5.74, 6) is 6.21. The third-order valence-electron chi connectivity index (χ3n) is 2.13. The van der Waals surface area contributed by atoms with E-state index < -0.39 is 0 Å². The molecule has 1 rings (SSSR count). The molecule has 0 aromatic rings. The molecule has 1 heterocycles. The molecule has 1 saturated heterocycles. The average molecular weight is 182 g/mol. The van der Waals surface area contributed by atoms with Crippen molar-refractivity contribution in [1.29, 1.82) is 0 Å². The van der Waals surface area contributed by atoms with Gasteiger partial charge in [-0.2, -0.15) is 0 Å². The number of rotatable bonds is 5. The highest BCUT2D eigenvalue weighted by molar-refractivity contribution is 5.13. The summed E-state index contributed by atoms with van der Waals surface area (Å²) in [4.78, 5) is 0. The van der Waals surface area contributed by atoms with Crippen LogP contribution in [-0.4, -0.2) is 23.9 Å². The molecule has 0 amide bonds. The number of ether oxygens (including phenoxy) is 1. The zero-order chi connectivity index (χ0) is 9.52. The quantitative estimate of drug-likeness (QED) is 0.399. The van der Waals surface area contributed by atoms with Gasteiger partial charge in [0.15, 0.2) is 0 Å². The van der Waals surface area contributed by atoms with E-state index >= 15 is 0 Å². The van der Waals surface area contributed by atoms with E-state index in [1.165, 1.54) is 12.8 Å². The number of hydrogen-bond acceptors (Lipinski definition) is 2. The molecule has 1 N–H and O–H groups in total. The van der Waals surface area contributed by atoms with Crippen LogP contribution in [0.3, 0.4) is 0 Å². The van der Waals surface area contributed by atoms with Crippen molar-refractivity contribution in [3.8, 4) is 11.8 Å². The lowest BCUT2D eigenvalue weighted by Crippen LogP contribution is -1.93. The van der Waals surface area contributed by atoms with Gasteiger partial charge in [-0.25, -0.2) is 0 Å². The largest absolute Gasteiger partial charge is 0.396 e. The standard InChI is InChI=1S/C11H18O2/c1-2-3-4-5-7-10-11(13-10)8-6-9-12/h10-12H,2-4,6,8-9H2,1H3/t10-,11+/m1/s1. The Labute approximate surface area is 80.3 Å². The van der Waals surface area contributed by atoms with Crippen LogP contribution in [0.4, 0.5) is 0 Å². The van der Waals surface area contributed by atoms with Gasteiger partial charge in [0.1, 0.15) is 6.10 Å². The van der Waals surface area contributed by atoms with Crippen LogP contribution in [0.1, 0.15) is 39.0 Å². The van der Waals surface area contributed by atoms with Crippen LogP contribution in [0, 0.1) is 11.8 Å². The highest BCUT2D eigenvalue weighted by Crippen LogP contribution is 2.25. The Kier molecular flexibility index (Phi) is 4.88. The first-order valence-electron chi connectivity index (χ1n) is 5.13. The molecule has 1 fully saturated rings. The van der Waals surface area contributed by atoms with Gasteiger partial charge in [0, 0.05) is 13.0 Å². The van der Waals surface area contributed by atoms with Crippen LogP contribution < -0.4 is 0 Å². The molecule has 74 valence electrons. The Morgan fingerprint density at radius 2 is 2.23 bits per heavy atom. The molecular weight excluding hydrogens is 164 g/mol. The fraction of sp³-hybridized carbons (Fsp3) is 0.818. The summed E-state index contributed by atoms with van der Waals surface area (Å²) < 4.78 is 5.31. The fourth-order valence-corrected chi connectivity index (χ4v) is 1.22. The van der Waals surface area contributed by atoms with Gasteiger partial charge in [-0.1, -0.05) is 19.3 Å². The van der Waals surface area contributed by atoms with Crippen LogP contribution in [0.5, 0.6) is 0 Å². The van der Waals surface area contributed by atoms with Crippen molar-refractivity contribution in [2.45, 2.75) is 51.2 Å². The van der Waals surface area contributed by atoms with Crippen molar-refractivity contribution in [3.05, 3.63) is 0 Å². The summed E-state index contributed by atoms with van der Waals surface area (Å²) in [7, 11) is 0. The van der Waals surface area contributed by atoms with Gasteiger partial charge in [0.2, 0.25) is 0 Å². The van der Waals surface area contributed by atoms with Crippen molar-refractivity contribution in [2.75, 3.05) is 6.61 Å². The summed E-state index contributed by atoms with van der Waals surface area (Å²) in [6, 6.07) is 0. The number of aliphatic hydroxyl groups is 1. The van der Waals surface area contributed by atoms with Gasteiger partial charge < -0.3 is 9.84 Å². The first kappa shape index (κ1) is 10.6. The van der Waals surface area contributed by atoms with Crippen molar-refractivity contribution >= 4 is 0 Å². The van der Waals surface area contributed by atoms with Crippen LogP contribution >= 0.6 is 0 Å². The molecule has 0 unspecified atom stereocenters. The Bertz CT molecular complexity index is 190. The van der Waals surface area contributed by atoms with E-state index in [0.29, 0.717) is 6.10 Å². The van der Waals surface area contributed by atoms with Gasteiger partial charge in [0.05, 0.1) is 6.10 Å². The Morgan fingerprint density at radius 1 is 1.38 bits per heavy atom. The van der Waals surface area contributed by atoms with E-state index in [9.17, 15) is 0 Å². The first-order valence-corrected chi connectivity index (χ1v) is 5.13. The Hall–Kier alpha value is -0.520. The molecule has 13 heavy (non-hydrogen) atoms. The molecular formula is C11H18O2. The lowest BCUT2D eigenvalue weighted by Gasteiger charge is -1.87. The molecule has 0 spiro atoms. The van der Waals surface area contributed by atoms with Crippen LogP contribution in [0.25, 0.3) is 0 Å². The Morgan fingerprint density at radius 3 is 2.92 bits per heavy atom. The zero-order valence-electron chi connectivity index (χ0n) is 8.25. The van der Waals surface area contributed by atoms with Gasteiger partial charge in [-0.15, -0.1) is 5.92 Å². The molecule has 0 saturated carbocycles. The average Bonchev–Trinajstić information content (AvgIpc) is 2.88. The highest BCUT2D eigenvalue weighted by Gasteiger charge is 2.36. The van der Waals surface area contributed by atoms with Crippen molar-refractivity contribution in [1.82, 2.24) is 0 Å². The minimum atomic E-state index is 0.170. The molecule has 0 radical (unpaired) electrons. The maximum atomic E-state index is 8.58. The second-order valence-corrected chi connectivity index (χ2v) is 3.39. The van der Waals surface area contributed by atoms with E-state index in [1.807, 2.05) is 0 Å². The van der Waals surface area contributed by atoms with Crippen molar-refractivity contribution < 1.29 is 9.84 Å². The van der Waals surface area contributed by atoms with Gasteiger partial charge >= 0.3 is 0 Å². The molecule has 2 nitrogen and oxygen atoms in total. The highest BCUT2D eigenvalue weighted by atomic mass is 16.6. The maximum absolute atomic E-state index is 8.58. The lowest BCUT2D eigenvalue weighted by atomic mass is 10.2. The summed E-state index contributed by atoms with van der Waals surface area (Å²) in [5, 5.41) is 8.58. The molecule has 0 aromatic carbocycles. The topological polar surface area (TPSA) is 32.8 Å². The number of unbranched alkanes of at least 4 members (excludes halogenated alkanes) is 2. The normalized spacial score (nSPS) is 25.1. The third kappa shape index (κ3) is 4.31. The molecule has 2 heteroatoms. The molecule has 1 aliphatic rings. The molecule has 1 aliphatic heterocycles.